The Hall–Kier alpha value is -2.71. The van der Waals surface area contributed by atoms with Gasteiger partial charge in [-0.25, -0.2) is 0 Å². The minimum Gasteiger partial charge on any atom is -0.483 e. The van der Waals surface area contributed by atoms with E-state index in [1.54, 1.807) is 0 Å². The van der Waals surface area contributed by atoms with Crippen molar-refractivity contribution in [3.05, 3.63) is 53.3 Å². The number of hydrogen-bond acceptors (Lipinski definition) is 5. The first kappa shape index (κ1) is 23.3. The van der Waals surface area contributed by atoms with Gasteiger partial charge in [-0.1, -0.05) is 24.3 Å². The largest absolute Gasteiger partial charge is 0.483 e. The van der Waals surface area contributed by atoms with Crippen LogP contribution in [0.5, 0.6) is 0 Å². The first-order chi connectivity index (χ1) is 13.5. The predicted molar refractivity (Wildman–Crippen MR) is 107 cm³/mol. The molecule has 1 saturated heterocycles. The fraction of sp³-hybridized carbons (Fsp3) is 0.450. The molecule has 28 heavy (non-hydrogen) atoms. The van der Waals surface area contributed by atoms with Crippen molar-refractivity contribution in [3.8, 4) is 0 Å². The number of carbonyl (C=O) groups is 2. The topological polar surface area (TPSA) is 98.9 Å². The molecule has 0 spiro atoms. The highest BCUT2D eigenvalue weighted by molar-refractivity contribution is 5.33. The SMILES string of the molecule is CN(Cc1cnn(C)c1)Cc1ccccc1CN1CCCC1.O=CO.O=CO. The normalized spacial score (nSPS) is 13.2. The Morgan fingerprint density at radius 2 is 1.64 bits per heavy atom. The summed E-state index contributed by atoms with van der Waals surface area (Å²) in [6.07, 6.45) is 6.74. The fourth-order valence-electron chi connectivity index (χ4n) is 3.26. The highest BCUT2D eigenvalue weighted by Crippen LogP contribution is 2.18. The average Bonchev–Trinajstić information content (AvgIpc) is 3.30. The summed E-state index contributed by atoms with van der Waals surface area (Å²) in [5, 5.41) is 18.0. The van der Waals surface area contributed by atoms with Gasteiger partial charge in [0.15, 0.2) is 0 Å². The molecule has 0 aliphatic carbocycles. The summed E-state index contributed by atoms with van der Waals surface area (Å²) < 4.78 is 1.87. The summed E-state index contributed by atoms with van der Waals surface area (Å²) in [6.45, 7) is 5.02. The van der Waals surface area contributed by atoms with Gasteiger partial charge in [0.1, 0.15) is 0 Å². The fourth-order valence-corrected chi connectivity index (χ4v) is 3.26. The summed E-state index contributed by atoms with van der Waals surface area (Å²) in [7, 11) is 4.15. The molecule has 1 aliphatic heterocycles. The van der Waals surface area contributed by atoms with E-state index < -0.39 is 0 Å². The summed E-state index contributed by atoms with van der Waals surface area (Å²) in [5.74, 6) is 0. The Morgan fingerprint density at radius 3 is 2.18 bits per heavy atom. The molecule has 1 aromatic carbocycles. The zero-order valence-electron chi connectivity index (χ0n) is 16.6. The minimum atomic E-state index is -0.250. The van der Waals surface area contributed by atoms with E-state index in [4.69, 9.17) is 19.8 Å². The molecule has 154 valence electrons. The quantitative estimate of drug-likeness (QED) is 0.728. The van der Waals surface area contributed by atoms with Crippen molar-refractivity contribution in [1.82, 2.24) is 19.6 Å². The summed E-state index contributed by atoms with van der Waals surface area (Å²) in [6, 6.07) is 8.87. The highest BCUT2D eigenvalue weighted by atomic mass is 16.3. The van der Waals surface area contributed by atoms with Crippen LogP contribution in [0.3, 0.4) is 0 Å². The van der Waals surface area contributed by atoms with Crippen molar-refractivity contribution in [2.75, 3.05) is 20.1 Å². The molecule has 2 heterocycles. The maximum Gasteiger partial charge on any atom is 0.290 e. The molecule has 3 rings (SSSR count). The van der Waals surface area contributed by atoms with Gasteiger partial charge >= 0.3 is 0 Å². The Bertz CT molecular complexity index is 693. The van der Waals surface area contributed by atoms with Gasteiger partial charge in [-0.3, -0.25) is 24.1 Å². The molecule has 0 bridgehead atoms. The van der Waals surface area contributed by atoms with Crippen molar-refractivity contribution in [3.63, 3.8) is 0 Å². The Morgan fingerprint density at radius 1 is 1.07 bits per heavy atom. The number of benzene rings is 1. The van der Waals surface area contributed by atoms with Crippen molar-refractivity contribution < 1.29 is 19.8 Å². The second kappa shape index (κ2) is 13.5. The molecule has 1 aliphatic rings. The minimum absolute atomic E-state index is 0.250. The second-order valence-electron chi connectivity index (χ2n) is 6.66. The first-order valence-electron chi connectivity index (χ1n) is 9.15. The Balaban J connectivity index is 0.000000582. The van der Waals surface area contributed by atoms with Crippen molar-refractivity contribution in [2.24, 2.45) is 7.05 Å². The molecule has 0 saturated carbocycles. The average molecular weight is 390 g/mol. The van der Waals surface area contributed by atoms with E-state index in [1.165, 1.54) is 42.6 Å². The van der Waals surface area contributed by atoms with Crippen LogP contribution in [-0.4, -0.2) is 62.9 Å². The molecule has 0 atom stereocenters. The van der Waals surface area contributed by atoms with Gasteiger partial charge in [0.05, 0.1) is 6.20 Å². The van der Waals surface area contributed by atoms with Gasteiger partial charge in [-0.15, -0.1) is 0 Å². The first-order valence-corrected chi connectivity index (χ1v) is 9.15. The van der Waals surface area contributed by atoms with Gasteiger partial charge in [0.25, 0.3) is 12.9 Å². The predicted octanol–water partition coefficient (Wildman–Crippen LogP) is 2.05. The lowest BCUT2D eigenvalue weighted by atomic mass is 10.1. The van der Waals surface area contributed by atoms with Gasteiger partial charge < -0.3 is 10.2 Å². The molecule has 0 radical (unpaired) electrons. The molecule has 8 nitrogen and oxygen atoms in total. The van der Waals surface area contributed by atoms with E-state index in [9.17, 15) is 0 Å². The maximum absolute atomic E-state index is 8.36. The van der Waals surface area contributed by atoms with Crippen molar-refractivity contribution >= 4 is 12.9 Å². The monoisotopic (exact) mass is 390 g/mol. The number of aromatic nitrogens is 2. The third kappa shape index (κ3) is 8.79. The standard InChI is InChI=1S/C18H26N4.2CH2O2/c1-20(12-16-11-19-21(2)13-16)14-17-7-3-4-8-18(17)15-22-9-5-6-10-22;2*2-1-3/h3-4,7-8,11,13H,5-6,9-10,12,14-15H2,1-2H3;2*1H,(H,2,3). The molecule has 2 aromatic rings. The Kier molecular flexibility index (Phi) is 11.2. The molecule has 0 unspecified atom stereocenters. The lowest BCUT2D eigenvalue weighted by molar-refractivity contribution is -0.123. The number of hydrogen-bond donors (Lipinski definition) is 2. The van der Waals surface area contributed by atoms with Crippen molar-refractivity contribution in [1.29, 1.82) is 0 Å². The maximum atomic E-state index is 8.36. The summed E-state index contributed by atoms with van der Waals surface area (Å²) >= 11 is 0. The highest BCUT2D eigenvalue weighted by Gasteiger charge is 2.14. The van der Waals surface area contributed by atoms with Crippen LogP contribution < -0.4 is 0 Å². The van der Waals surface area contributed by atoms with E-state index in [2.05, 4.69) is 52.4 Å². The van der Waals surface area contributed by atoms with Crippen LogP contribution in [0.4, 0.5) is 0 Å². The Labute approximate surface area is 166 Å². The number of nitrogens with zero attached hydrogens (tertiary/aromatic N) is 4. The second-order valence-corrected chi connectivity index (χ2v) is 6.66. The zero-order chi connectivity index (χ0) is 20.8. The van der Waals surface area contributed by atoms with Crippen LogP contribution in [0.2, 0.25) is 0 Å². The van der Waals surface area contributed by atoms with Crippen LogP contribution in [0, 0.1) is 0 Å². The molecule has 8 heteroatoms. The van der Waals surface area contributed by atoms with Gasteiger partial charge in [-0.05, 0) is 44.1 Å². The summed E-state index contributed by atoms with van der Waals surface area (Å²) in [4.78, 5) is 21.7. The van der Waals surface area contributed by atoms with Gasteiger partial charge in [0.2, 0.25) is 0 Å². The van der Waals surface area contributed by atoms with Crippen LogP contribution in [0.15, 0.2) is 36.7 Å². The number of likely N-dealkylation sites (tertiary alicyclic amines) is 1. The number of carboxylic acid groups (broad SMARTS) is 2. The van der Waals surface area contributed by atoms with Crippen LogP contribution in [0.1, 0.15) is 29.5 Å². The third-order valence-electron chi connectivity index (χ3n) is 4.36. The molecular formula is C20H30N4O4. The number of rotatable bonds is 6. The molecule has 2 N–H and O–H groups in total. The zero-order valence-corrected chi connectivity index (χ0v) is 16.6. The lowest BCUT2D eigenvalue weighted by Crippen LogP contribution is -2.22. The van der Waals surface area contributed by atoms with Gasteiger partial charge in [0, 0.05) is 38.4 Å². The van der Waals surface area contributed by atoms with Gasteiger partial charge in [-0.2, -0.15) is 5.10 Å². The lowest BCUT2D eigenvalue weighted by Gasteiger charge is -2.21. The van der Waals surface area contributed by atoms with Crippen molar-refractivity contribution in [2.45, 2.75) is 32.5 Å². The van der Waals surface area contributed by atoms with E-state index >= 15 is 0 Å². The molecular weight excluding hydrogens is 360 g/mol. The van der Waals surface area contributed by atoms with E-state index in [1.807, 2.05) is 17.9 Å². The number of aryl methyl sites for hydroxylation is 1. The molecule has 1 fully saturated rings. The summed E-state index contributed by atoms with van der Waals surface area (Å²) in [5.41, 5.74) is 4.19. The smallest absolute Gasteiger partial charge is 0.290 e. The van der Waals surface area contributed by atoms with Crippen LogP contribution in [0.25, 0.3) is 0 Å². The van der Waals surface area contributed by atoms with Crippen LogP contribution in [-0.2, 0) is 36.3 Å². The van der Waals surface area contributed by atoms with E-state index in [0.29, 0.717) is 0 Å². The van der Waals surface area contributed by atoms with E-state index in [0.717, 1.165) is 19.6 Å². The molecule has 1 aromatic heterocycles. The molecule has 0 amide bonds. The van der Waals surface area contributed by atoms with Crippen LogP contribution >= 0.6 is 0 Å². The third-order valence-corrected chi connectivity index (χ3v) is 4.36. The van der Waals surface area contributed by atoms with E-state index in [-0.39, 0.29) is 12.9 Å².